The minimum Gasteiger partial charge on any atom is -0.481 e. The zero-order valence-corrected chi connectivity index (χ0v) is 11.8. The average molecular weight is 275 g/mol. The maximum Gasteiger partial charge on any atom is 0.408 e. The van der Waals surface area contributed by atoms with E-state index in [-0.39, 0.29) is 6.42 Å². The number of carbonyl (C=O) groups excluding carboxylic acids is 1. The van der Waals surface area contributed by atoms with Crippen LogP contribution < -0.4 is 5.32 Å². The van der Waals surface area contributed by atoms with Gasteiger partial charge in [0.2, 0.25) is 0 Å². The number of carboxylic acid groups (broad SMARTS) is 2. The summed E-state index contributed by atoms with van der Waals surface area (Å²) in [5.74, 6) is -2.44. The normalized spacial score (nSPS) is 13.5. The fourth-order valence-corrected chi connectivity index (χ4v) is 1.25. The average Bonchev–Trinajstić information content (AvgIpc) is 2.12. The van der Waals surface area contributed by atoms with Crippen molar-refractivity contribution in [3.63, 3.8) is 0 Å². The molecule has 0 saturated carbocycles. The van der Waals surface area contributed by atoms with Gasteiger partial charge in [-0.3, -0.25) is 4.79 Å². The van der Waals surface area contributed by atoms with E-state index in [1.807, 2.05) is 0 Å². The lowest BCUT2D eigenvalue weighted by Crippen LogP contribution is -2.46. The summed E-state index contributed by atoms with van der Waals surface area (Å²) in [5, 5.41) is 20.1. The molecule has 0 heterocycles. The Hall–Kier alpha value is -1.79. The van der Waals surface area contributed by atoms with Crippen LogP contribution in [-0.2, 0) is 14.3 Å². The summed E-state index contributed by atoms with van der Waals surface area (Å²) in [6.07, 6.45) is -1.13. The van der Waals surface area contributed by atoms with E-state index < -0.39 is 35.1 Å². The molecule has 110 valence electrons. The van der Waals surface area contributed by atoms with Crippen molar-refractivity contribution < 1.29 is 29.3 Å². The van der Waals surface area contributed by atoms with Gasteiger partial charge in [0.1, 0.15) is 11.6 Å². The minimum absolute atomic E-state index is 0.239. The first-order valence-electron chi connectivity index (χ1n) is 5.81. The van der Waals surface area contributed by atoms with Gasteiger partial charge in [-0.15, -0.1) is 0 Å². The summed E-state index contributed by atoms with van der Waals surface area (Å²) < 4.78 is 4.93. The number of amides is 1. The first-order valence-corrected chi connectivity index (χ1v) is 5.81. The number of alkyl carbamates (subject to hydrolysis) is 1. The third kappa shape index (κ3) is 6.64. The second-order valence-corrected chi connectivity index (χ2v) is 5.93. The van der Waals surface area contributed by atoms with Crippen LogP contribution in [0.2, 0.25) is 0 Å². The quantitative estimate of drug-likeness (QED) is 0.700. The Bertz CT molecular complexity index is 369. The zero-order chi connectivity index (χ0) is 15.4. The molecule has 0 saturated heterocycles. The molecule has 0 aliphatic carbocycles. The van der Waals surface area contributed by atoms with Crippen molar-refractivity contribution in [3.05, 3.63) is 0 Å². The lowest BCUT2D eigenvalue weighted by molar-refractivity contribution is -0.149. The Labute approximate surface area is 111 Å². The van der Waals surface area contributed by atoms with Crippen molar-refractivity contribution in [2.75, 3.05) is 0 Å². The third-order valence-electron chi connectivity index (χ3n) is 2.28. The minimum atomic E-state index is -1.32. The summed E-state index contributed by atoms with van der Waals surface area (Å²) in [6, 6.07) is -1.32. The molecule has 0 spiro atoms. The molecule has 1 amide bonds. The van der Waals surface area contributed by atoms with Gasteiger partial charge in [0.05, 0.1) is 5.41 Å². The van der Waals surface area contributed by atoms with Gasteiger partial charge in [-0.1, -0.05) is 0 Å². The first kappa shape index (κ1) is 17.2. The van der Waals surface area contributed by atoms with Gasteiger partial charge in [-0.2, -0.15) is 0 Å². The Balaban J connectivity index is 4.74. The second-order valence-electron chi connectivity index (χ2n) is 5.93. The molecule has 0 rings (SSSR count). The Morgan fingerprint density at radius 2 is 1.58 bits per heavy atom. The number of carboxylic acids is 2. The SMILES string of the molecule is CC(C)(C)OC(=O)N[C@H](CC(C)(C)C(=O)O)C(=O)O. The molecular weight excluding hydrogens is 254 g/mol. The zero-order valence-electron chi connectivity index (χ0n) is 11.8. The Morgan fingerprint density at radius 1 is 1.11 bits per heavy atom. The first-order chi connectivity index (χ1) is 8.35. The molecular formula is C12H21NO6. The maximum absolute atomic E-state index is 11.5. The van der Waals surface area contributed by atoms with Gasteiger partial charge < -0.3 is 20.3 Å². The van der Waals surface area contributed by atoms with Gasteiger partial charge in [0.15, 0.2) is 0 Å². The van der Waals surface area contributed by atoms with Gasteiger partial charge >= 0.3 is 18.0 Å². The number of hydrogen-bond donors (Lipinski definition) is 3. The van der Waals surface area contributed by atoms with Crippen LogP contribution in [0.1, 0.15) is 41.0 Å². The number of rotatable bonds is 5. The highest BCUT2D eigenvalue weighted by atomic mass is 16.6. The molecule has 7 nitrogen and oxygen atoms in total. The highest BCUT2D eigenvalue weighted by molar-refractivity contribution is 5.81. The summed E-state index contributed by atoms with van der Waals surface area (Å²) in [6.45, 7) is 7.71. The fourth-order valence-electron chi connectivity index (χ4n) is 1.25. The van der Waals surface area contributed by atoms with E-state index in [2.05, 4.69) is 5.32 Å². The molecule has 0 fully saturated rings. The van der Waals surface area contributed by atoms with Crippen LogP contribution in [0.5, 0.6) is 0 Å². The third-order valence-corrected chi connectivity index (χ3v) is 2.28. The molecule has 0 aliphatic heterocycles. The van der Waals surface area contributed by atoms with Crippen molar-refractivity contribution in [3.8, 4) is 0 Å². The predicted molar refractivity (Wildman–Crippen MR) is 66.8 cm³/mol. The summed E-state index contributed by atoms with van der Waals surface area (Å²) in [7, 11) is 0. The van der Waals surface area contributed by atoms with Crippen LogP contribution in [-0.4, -0.2) is 39.9 Å². The predicted octanol–water partition coefficient (Wildman–Crippen LogP) is 1.47. The topological polar surface area (TPSA) is 113 Å². The lowest BCUT2D eigenvalue weighted by atomic mass is 9.86. The number of nitrogens with one attached hydrogen (secondary N) is 1. The molecule has 0 aromatic heterocycles. The highest BCUT2D eigenvalue weighted by Crippen LogP contribution is 2.23. The van der Waals surface area contributed by atoms with Crippen molar-refractivity contribution >= 4 is 18.0 Å². The van der Waals surface area contributed by atoms with E-state index in [1.54, 1.807) is 20.8 Å². The monoisotopic (exact) mass is 275 g/mol. The molecule has 0 aliphatic rings. The molecule has 0 bridgehead atoms. The highest BCUT2D eigenvalue weighted by Gasteiger charge is 2.35. The van der Waals surface area contributed by atoms with E-state index in [4.69, 9.17) is 14.9 Å². The largest absolute Gasteiger partial charge is 0.481 e. The molecule has 0 aromatic carbocycles. The molecule has 3 N–H and O–H groups in total. The molecule has 0 aromatic rings. The summed E-state index contributed by atoms with van der Waals surface area (Å²) in [5.41, 5.74) is -2.02. The van der Waals surface area contributed by atoms with Gasteiger partial charge in [0, 0.05) is 0 Å². The molecule has 0 unspecified atom stereocenters. The standard InChI is InChI=1S/C12H21NO6/c1-11(2,3)19-10(18)13-7(8(14)15)6-12(4,5)9(16)17/h7H,6H2,1-5H3,(H,13,18)(H,14,15)(H,16,17)/t7-/m1/s1. The lowest BCUT2D eigenvalue weighted by Gasteiger charge is -2.26. The smallest absolute Gasteiger partial charge is 0.408 e. The van der Waals surface area contributed by atoms with Crippen LogP contribution in [0, 0.1) is 5.41 Å². The molecule has 0 radical (unpaired) electrons. The molecule has 1 atom stereocenters. The number of hydrogen-bond acceptors (Lipinski definition) is 4. The van der Waals surface area contributed by atoms with Crippen LogP contribution in [0.4, 0.5) is 4.79 Å². The van der Waals surface area contributed by atoms with Crippen molar-refractivity contribution in [1.82, 2.24) is 5.32 Å². The maximum atomic E-state index is 11.5. The molecule has 19 heavy (non-hydrogen) atoms. The Morgan fingerprint density at radius 3 is 1.89 bits per heavy atom. The number of carbonyl (C=O) groups is 3. The van der Waals surface area contributed by atoms with Crippen LogP contribution in [0.15, 0.2) is 0 Å². The van der Waals surface area contributed by atoms with E-state index in [1.165, 1.54) is 13.8 Å². The van der Waals surface area contributed by atoms with E-state index in [0.717, 1.165) is 0 Å². The van der Waals surface area contributed by atoms with Crippen LogP contribution >= 0.6 is 0 Å². The van der Waals surface area contributed by atoms with Crippen LogP contribution in [0.3, 0.4) is 0 Å². The number of aliphatic carboxylic acids is 2. The number of ether oxygens (including phenoxy) is 1. The van der Waals surface area contributed by atoms with Crippen molar-refractivity contribution in [2.24, 2.45) is 5.41 Å². The van der Waals surface area contributed by atoms with Gasteiger partial charge in [-0.25, -0.2) is 9.59 Å². The van der Waals surface area contributed by atoms with Crippen molar-refractivity contribution in [1.29, 1.82) is 0 Å². The van der Waals surface area contributed by atoms with Crippen molar-refractivity contribution in [2.45, 2.75) is 52.7 Å². The second kappa shape index (κ2) is 5.90. The van der Waals surface area contributed by atoms with E-state index in [0.29, 0.717) is 0 Å². The van der Waals surface area contributed by atoms with E-state index >= 15 is 0 Å². The Kier molecular flexibility index (Phi) is 5.34. The van der Waals surface area contributed by atoms with E-state index in [9.17, 15) is 14.4 Å². The molecule has 7 heteroatoms. The summed E-state index contributed by atoms with van der Waals surface area (Å²) in [4.78, 5) is 33.5. The van der Waals surface area contributed by atoms with Gasteiger partial charge in [-0.05, 0) is 41.0 Å². The summed E-state index contributed by atoms with van der Waals surface area (Å²) >= 11 is 0. The fraction of sp³-hybridized carbons (Fsp3) is 0.750. The van der Waals surface area contributed by atoms with Crippen LogP contribution in [0.25, 0.3) is 0 Å². The van der Waals surface area contributed by atoms with Gasteiger partial charge in [0.25, 0.3) is 0 Å².